The lowest BCUT2D eigenvalue weighted by atomic mass is 9.89. The van der Waals surface area contributed by atoms with Crippen molar-refractivity contribution < 1.29 is 65.8 Å². The van der Waals surface area contributed by atoms with Gasteiger partial charge in [-0.05, 0) is 195 Å². The minimum atomic E-state index is -2.85. The number of ether oxygens (including phenoxy) is 9. The van der Waals surface area contributed by atoms with Crippen LogP contribution < -0.4 is 44.9 Å². The molecule has 4 unspecified atom stereocenters. The first-order valence-corrected chi connectivity index (χ1v) is 40.1. The summed E-state index contributed by atoms with van der Waals surface area (Å²) in [5.74, 6) is 1.79. The Bertz CT molecular complexity index is 5290. The Hall–Kier alpha value is -11.7. The first-order chi connectivity index (χ1) is 57.1. The highest BCUT2D eigenvalue weighted by Crippen LogP contribution is 2.45. The summed E-state index contributed by atoms with van der Waals surface area (Å²) in [5, 5.41) is 37.8. The van der Waals surface area contributed by atoms with Gasteiger partial charge in [0.25, 0.3) is 24.1 Å². The first-order valence-electron chi connectivity index (χ1n) is 40.1. The Labute approximate surface area is 683 Å². The maximum Gasteiger partial charge on any atom is 0.280 e. The number of anilines is 6. The van der Waals surface area contributed by atoms with Gasteiger partial charge in [-0.2, -0.15) is 35.7 Å². The lowest BCUT2D eigenvalue weighted by Gasteiger charge is -2.33. The zero-order valence-corrected chi connectivity index (χ0v) is 67.2. The number of alkyl halides is 2. The number of halogens is 2. The van der Waals surface area contributed by atoms with E-state index in [9.17, 15) is 33.7 Å². The van der Waals surface area contributed by atoms with Crippen LogP contribution in [0.1, 0.15) is 161 Å². The molecule has 0 spiro atoms. The van der Waals surface area contributed by atoms with E-state index < -0.39 is 65.1 Å². The number of nitriles is 2. The van der Waals surface area contributed by atoms with Crippen molar-refractivity contribution >= 4 is 52.2 Å². The molecule has 3 amide bonds. The number of nitrogens with one attached hydrogen (secondary N) is 3. The predicted octanol–water partition coefficient (Wildman–Crippen LogP) is 14.3. The van der Waals surface area contributed by atoms with Crippen molar-refractivity contribution in [2.75, 3.05) is 136 Å². The summed E-state index contributed by atoms with van der Waals surface area (Å²) in [6.07, 6.45) is 2.35. The Morgan fingerprint density at radius 2 is 0.890 bits per heavy atom. The van der Waals surface area contributed by atoms with Gasteiger partial charge in [-0.15, -0.1) is 0 Å². The molecule has 0 bridgehead atoms. The molecule has 3 aromatic carbocycles. The highest BCUT2D eigenvalue weighted by Gasteiger charge is 2.35. The van der Waals surface area contributed by atoms with Gasteiger partial charge >= 0.3 is 0 Å². The van der Waals surface area contributed by atoms with Crippen molar-refractivity contribution in [2.45, 2.75) is 135 Å². The molecule has 612 valence electrons. The normalized spacial score (nSPS) is 18.9. The number of benzene rings is 3. The molecule has 118 heavy (non-hydrogen) atoms. The van der Waals surface area contributed by atoms with E-state index in [-0.39, 0.29) is 17.2 Å². The van der Waals surface area contributed by atoms with Crippen molar-refractivity contribution in [3.05, 3.63) is 189 Å². The Morgan fingerprint density at radius 1 is 0.475 bits per heavy atom. The van der Waals surface area contributed by atoms with E-state index in [1.165, 1.54) is 24.7 Å². The van der Waals surface area contributed by atoms with Crippen LogP contribution in [0.4, 0.5) is 43.3 Å². The molecule has 27 nitrogen and oxygen atoms in total. The minimum absolute atomic E-state index is 0.0416. The van der Waals surface area contributed by atoms with E-state index in [1.54, 1.807) is 52.0 Å². The van der Waals surface area contributed by atoms with Gasteiger partial charge in [0.15, 0.2) is 0 Å². The molecule has 0 aliphatic carbocycles. The number of morpholine rings is 3. The fourth-order valence-electron chi connectivity index (χ4n) is 15.5. The number of carbonyl (C=O) groups is 3. The first kappa shape index (κ1) is 81.4. The van der Waals surface area contributed by atoms with Crippen LogP contribution in [0.2, 0.25) is 0 Å². The predicted molar refractivity (Wildman–Crippen MR) is 438 cm³/mol. The smallest absolute Gasteiger partial charge is 0.280 e. The molecular formula is C89H95F2N15O12. The van der Waals surface area contributed by atoms with Crippen molar-refractivity contribution in [3.8, 4) is 63.2 Å². The van der Waals surface area contributed by atoms with Crippen LogP contribution in [0.15, 0.2) is 128 Å². The van der Waals surface area contributed by atoms with Gasteiger partial charge in [0.1, 0.15) is 41.5 Å². The number of aryl methyl sites for hydroxylation is 1. The number of nitrogens with zero attached hydrogens (tertiary/aromatic N) is 12. The van der Waals surface area contributed by atoms with Gasteiger partial charge in [-0.25, -0.2) is 8.78 Å². The van der Waals surface area contributed by atoms with Crippen molar-refractivity contribution in [2.24, 2.45) is 0 Å². The molecular weight excluding hydrogens is 1510 g/mol. The standard InChI is InChI=1S/C89H95F2N15O12/c1-53-8-9-62(97-85(107)56-10-16-94-73(34-56)84(90)91)43-68(53)58-37-78(104-18-28-111-29-19-104)101-82(40-58)117-66-14-26-114-74(48-66)71-46-63(98-86(108)57-11-17-95-76(35-57)88(4,5)51-92)44-69(54(71)2)60-39-80(106-22-32-113-33-23-106)102-83(42-60)118-67-15-27-115-75(49-67)72-47-64(99-87(109)61-36-77(103-96-50-61)89(6,7)52-93)45-70(55(72)3)59-38-79(105-20-30-112-31-21-105)100-81(41-59)116-65-12-24-110-25-13-65/h8-11,16-17,34-47,50,65-67,74-75,84H,12-15,18-33,48-49H2,1-7H3,(H,97,107)(H,98,108)(H,99,109). The molecule has 6 aliphatic rings. The number of pyridine rings is 5. The second-order valence-corrected chi connectivity index (χ2v) is 31.5. The van der Waals surface area contributed by atoms with E-state index >= 15 is 0 Å². The SMILES string of the molecule is Cc1ccc(NC(=O)c2ccnc(C(F)F)c2)cc1-c1cc(OC2CCOC(c3cc(NC(=O)c4ccnc(C(C)(C)C#N)c4)cc(-c4cc(OC5CCOC(c6cc(NC(=O)c7cnnc(C(C)(C)C#N)c7)cc(-c7cc(OC8CCOCC8)nc(N8CCOCC8)c7)c6C)C5)nc(N5CCOCC5)c4)c3C)C2)nc(N2CCOCC2)c1. The highest BCUT2D eigenvalue weighted by molar-refractivity contribution is 6.06. The molecule has 6 aliphatic heterocycles. The van der Waals surface area contributed by atoms with Crippen molar-refractivity contribution in [1.82, 2.24) is 35.1 Å². The molecule has 29 heteroatoms. The van der Waals surface area contributed by atoms with Crippen LogP contribution in [0.25, 0.3) is 33.4 Å². The Balaban J connectivity index is 0.768. The van der Waals surface area contributed by atoms with Crippen LogP contribution in [0.3, 0.4) is 0 Å². The number of rotatable bonds is 23. The van der Waals surface area contributed by atoms with Gasteiger partial charge in [0, 0.05) is 137 Å². The fraction of sp³-hybridized carbons (Fsp3) is 0.416. The molecule has 4 atom stereocenters. The average Bonchev–Trinajstić information content (AvgIpc) is 0.779. The monoisotopic (exact) mass is 1600 g/mol. The van der Waals surface area contributed by atoms with Crippen molar-refractivity contribution in [3.63, 3.8) is 0 Å². The molecule has 0 saturated carbocycles. The number of hydrogen-bond acceptors (Lipinski definition) is 24. The third kappa shape index (κ3) is 19.1. The van der Waals surface area contributed by atoms with Gasteiger partial charge in [-0.3, -0.25) is 24.4 Å². The molecule has 3 N–H and O–H groups in total. The third-order valence-electron chi connectivity index (χ3n) is 22.5. The summed E-state index contributed by atoms with van der Waals surface area (Å²) >= 11 is 0. The number of amides is 3. The molecule has 6 fully saturated rings. The van der Waals surface area contributed by atoms with E-state index in [0.717, 1.165) is 73.1 Å². The second-order valence-electron chi connectivity index (χ2n) is 31.5. The summed E-state index contributed by atoms with van der Waals surface area (Å²) < 4.78 is 85.1. The van der Waals surface area contributed by atoms with E-state index in [1.807, 2.05) is 80.6 Å². The molecule has 6 aromatic heterocycles. The van der Waals surface area contributed by atoms with Crippen LogP contribution in [-0.2, 0) is 39.3 Å². The zero-order valence-electron chi connectivity index (χ0n) is 67.2. The van der Waals surface area contributed by atoms with E-state index in [0.29, 0.717) is 207 Å². The molecule has 6 saturated heterocycles. The maximum absolute atomic E-state index is 14.8. The van der Waals surface area contributed by atoms with E-state index in [4.69, 9.17) is 57.6 Å². The van der Waals surface area contributed by atoms with Crippen molar-refractivity contribution in [1.29, 1.82) is 10.5 Å². The summed E-state index contributed by atoms with van der Waals surface area (Å²) in [5.41, 5.74) is 9.17. The second kappa shape index (κ2) is 36.0. The number of aromatic nitrogens is 7. The Morgan fingerprint density at radius 3 is 1.38 bits per heavy atom. The summed E-state index contributed by atoms with van der Waals surface area (Å²) in [6.45, 7) is 21.4. The lowest BCUT2D eigenvalue weighted by molar-refractivity contribution is -0.0378. The number of hydrogen-bond donors (Lipinski definition) is 3. The van der Waals surface area contributed by atoms with Crippen LogP contribution in [-0.4, -0.2) is 176 Å². The van der Waals surface area contributed by atoms with E-state index in [2.05, 4.69) is 75.9 Å². The molecule has 15 rings (SSSR count). The average molecular weight is 1600 g/mol. The van der Waals surface area contributed by atoms with Crippen LogP contribution in [0.5, 0.6) is 17.6 Å². The fourth-order valence-corrected chi connectivity index (χ4v) is 15.5. The summed E-state index contributed by atoms with van der Waals surface area (Å²) in [4.78, 5) is 73.1. The quantitative estimate of drug-likeness (QED) is 0.0536. The van der Waals surface area contributed by atoms with Crippen LogP contribution >= 0.6 is 0 Å². The molecule has 12 heterocycles. The summed E-state index contributed by atoms with van der Waals surface area (Å²) in [7, 11) is 0. The van der Waals surface area contributed by atoms with Crippen LogP contribution in [0, 0.1) is 43.4 Å². The molecule has 0 radical (unpaired) electrons. The Kier molecular flexibility index (Phi) is 24.9. The van der Waals surface area contributed by atoms with Gasteiger partial charge in [-0.1, -0.05) is 6.07 Å². The minimum Gasteiger partial charge on any atom is -0.474 e. The lowest BCUT2D eigenvalue weighted by Crippen LogP contribution is -2.37. The van der Waals surface area contributed by atoms with Gasteiger partial charge in [0.05, 0.1) is 124 Å². The molecule has 9 aromatic rings. The number of carbonyl (C=O) groups excluding carboxylic acids is 3. The topological polar surface area (TPSA) is 318 Å². The van der Waals surface area contributed by atoms with Gasteiger partial charge < -0.3 is 73.3 Å². The largest absolute Gasteiger partial charge is 0.474 e. The maximum atomic E-state index is 14.8. The van der Waals surface area contributed by atoms with Gasteiger partial charge in [0.2, 0.25) is 17.6 Å². The summed E-state index contributed by atoms with van der Waals surface area (Å²) in [6, 6.07) is 37.1. The third-order valence-corrected chi connectivity index (χ3v) is 22.5. The zero-order chi connectivity index (χ0) is 82.2. The highest BCUT2D eigenvalue weighted by atomic mass is 19.3.